The maximum atomic E-state index is 6.77. The van der Waals surface area contributed by atoms with Gasteiger partial charge in [-0.15, -0.1) is 0 Å². The number of halogens is 2. The quantitative estimate of drug-likeness (QED) is 0.191. The second-order valence-electron chi connectivity index (χ2n) is 12.1. The van der Waals surface area contributed by atoms with Crippen LogP contribution in [0.4, 0.5) is 0 Å². The Morgan fingerprint density at radius 2 is 1.47 bits per heavy atom. The number of hydrogen-bond donors (Lipinski definition) is 0. The first kappa shape index (κ1) is 29.2. The van der Waals surface area contributed by atoms with E-state index in [1.165, 1.54) is 38.6 Å². The molecule has 0 spiro atoms. The van der Waals surface area contributed by atoms with Gasteiger partial charge < -0.3 is 4.74 Å². The lowest BCUT2D eigenvalue weighted by molar-refractivity contribution is 0.354. The Hall–Kier alpha value is -1.79. The first-order chi connectivity index (χ1) is 17.9. The summed E-state index contributed by atoms with van der Waals surface area (Å²) >= 11 is 13.3. The van der Waals surface area contributed by atoms with Crippen LogP contribution < -0.4 is 15.1 Å². The van der Waals surface area contributed by atoms with E-state index in [9.17, 15) is 0 Å². The van der Waals surface area contributed by atoms with Gasteiger partial charge in [0, 0.05) is 15.6 Å². The second kappa shape index (κ2) is 11.0. The molecule has 3 aromatic rings. The van der Waals surface area contributed by atoms with E-state index in [4.69, 9.17) is 27.9 Å². The largest absolute Gasteiger partial charge is 0.489 e. The Morgan fingerprint density at radius 1 is 0.947 bits per heavy atom. The van der Waals surface area contributed by atoms with E-state index in [0.717, 1.165) is 27.9 Å². The molecule has 0 fully saturated rings. The molecule has 0 unspecified atom stereocenters. The van der Waals surface area contributed by atoms with Crippen LogP contribution in [0.1, 0.15) is 62.4 Å². The molecule has 3 aromatic carbocycles. The lowest BCUT2D eigenvalue weighted by atomic mass is 9.85. The third-order valence-corrected chi connectivity index (χ3v) is 16.6. The highest BCUT2D eigenvalue weighted by Crippen LogP contribution is 2.53. The van der Waals surface area contributed by atoms with Crippen LogP contribution >= 0.6 is 23.2 Å². The number of rotatable bonds is 8. The van der Waals surface area contributed by atoms with Gasteiger partial charge in [-0.25, -0.2) is 0 Å². The lowest BCUT2D eigenvalue weighted by Gasteiger charge is -2.41. The molecule has 0 aromatic heterocycles. The predicted molar refractivity (Wildman–Crippen MR) is 174 cm³/mol. The predicted octanol–water partition coefficient (Wildman–Crippen LogP) is 8.91. The van der Waals surface area contributed by atoms with Gasteiger partial charge in [-0.2, -0.15) is 0 Å². The number of ether oxygens (including phenoxy) is 1. The molecule has 0 N–H and O–H groups in total. The van der Waals surface area contributed by atoms with Crippen LogP contribution in [0.5, 0.6) is 5.75 Å². The summed E-state index contributed by atoms with van der Waals surface area (Å²) in [6.07, 6.45) is 1.88. The van der Waals surface area contributed by atoms with Crippen molar-refractivity contribution >= 4 is 50.4 Å². The van der Waals surface area contributed by atoms with Crippen molar-refractivity contribution in [3.05, 3.63) is 87.4 Å². The summed E-state index contributed by atoms with van der Waals surface area (Å²) in [4.78, 5) is 0. The molecule has 5 heteroatoms. The van der Waals surface area contributed by atoms with E-state index in [1.807, 2.05) is 18.2 Å². The van der Waals surface area contributed by atoms with E-state index < -0.39 is 16.9 Å². The molecule has 0 bridgehead atoms. The first-order valence-corrected chi connectivity index (χ1v) is 20.1. The fourth-order valence-electron chi connectivity index (χ4n) is 6.96. The van der Waals surface area contributed by atoms with Crippen LogP contribution in [0, 0.1) is 6.92 Å². The SMILES string of the molecule is C=CCOc1c([Si](CC)(CC)C2c3cc(Cl)ccc3-c3ccc(Cl)cc32)cc(C)c([SiH](C)C)c1C(C)(C)C. The zero-order valence-electron chi connectivity index (χ0n) is 24.3. The fourth-order valence-corrected chi connectivity index (χ4v) is 14.7. The smallest absolute Gasteiger partial charge is 0.122 e. The van der Waals surface area contributed by atoms with Gasteiger partial charge in [0.15, 0.2) is 0 Å². The van der Waals surface area contributed by atoms with Gasteiger partial charge in [0.05, 0.1) is 8.80 Å². The third kappa shape index (κ3) is 4.85. The molecular formula is C33H42Cl2OSi2. The Kier molecular flexibility index (Phi) is 8.45. The van der Waals surface area contributed by atoms with Crippen LogP contribution in [0.3, 0.4) is 0 Å². The molecule has 1 nitrogen and oxygen atoms in total. The molecule has 0 amide bonds. The zero-order chi connectivity index (χ0) is 28.0. The van der Waals surface area contributed by atoms with Gasteiger partial charge in [-0.1, -0.05) is 125 Å². The zero-order valence-corrected chi connectivity index (χ0v) is 27.9. The van der Waals surface area contributed by atoms with E-state index in [-0.39, 0.29) is 11.0 Å². The van der Waals surface area contributed by atoms with Crippen molar-refractivity contribution in [2.75, 3.05) is 6.61 Å². The Morgan fingerprint density at radius 3 is 1.89 bits per heavy atom. The van der Waals surface area contributed by atoms with Gasteiger partial charge in [0.25, 0.3) is 0 Å². The summed E-state index contributed by atoms with van der Waals surface area (Å²) in [5.74, 6) is 1.12. The average Bonchev–Trinajstić information content (AvgIpc) is 3.16. The summed E-state index contributed by atoms with van der Waals surface area (Å²) in [6.45, 7) is 23.5. The van der Waals surface area contributed by atoms with Gasteiger partial charge in [0.1, 0.15) is 20.4 Å². The van der Waals surface area contributed by atoms with Crippen molar-refractivity contribution in [1.82, 2.24) is 0 Å². The van der Waals surface area contributed by atoms with Gasteiger partial charge >= 0.3 is 0 Å². The number of aryl methyl sites for hydroxylation is 1. The molecular weight excluding hydrogens is 539 g/mol. The summed E-state index contributed by atoms with van der Waals surface area (Å²) in [5.41, 5.74) is 8.31. The highest BCUT2D eigenvalue weighted by atomic mass is 35.5. The van der Waals surface area contributed by atoms with Crippen molar-refractivity contribution in [3.63, 3.8) is 0 Å². The first-order valence-electron chi connectivity index (χ1n) is 13.9. The van der Waals surface area contributed by atoms with Crippen molar-refractivity contribution in [2.24, 2.45) is 0 Å². The van der Waals surface area contributed by atoms with Gasteiger partial charge in [-0.05, 0) is 69.6 Å². The minimum Gasteiger partial charge on any atom is -0.489 e. The normalized spacial score (nSPS) is 13.6. The second-order valence-corrected chi connectivity index (χ2v) is 20.7. The average molecular weight is 582 g/mol. The van der Waals surface area contributed by atoms with Crippen LogP contribution in [0.15, 0.2) is 55.1 Å². The highest BCUT2D eigenvalue weighted by Gasteiger charge is 2.49. The van der Waals surface area contributed by atoms with Crippen LogP contribution in [-0.4, -0.2) is 23.5 Å². The number of benzene rings is 3. The molecule has 0 heterocycles. The van der Waals surface area contributed by atoms with Gasteiger partial charge in [-0.3, -0.25) is 0 Å². The molecule has 0 saturated heterocycles. The van der Waals surface area contributed by atoms with Crippen molar-refractivity contribution in [1.29, 1.82) is 0 Å². The molecule has 1 aliphatic rings. The Labute approximate surface area is 242 Å². The third-order valence-electron chi connectivity index (χ3n) is 8.49. The topological polar surface area (TPSA) is 9.23 Å². The molecule has 0 aliphatic heterocycles. The van der Waals surface area contributed by atoms with Gasteiger partial charge in [0.2, 0.25) is 0 Å². The molecule has 0 atom stereocenters. The number of hydrogen-bond acceptors (Lipinski definition) is 1. The molecule has 0 saturated carbocycles. The Bertz CT molecular complexity index is 1310. The Balaban J connectivity index is 2.15. The standard InChI is InChI=1S/C33H42Cl2OSi2/c1-10-17-36-30-28(18-21(4)31(37(8)9)29(30)33(5,6)7)38(11-2,12-3)32-26-19-22(34)13-15-24(26)25-16-14-23(35)20-27(25)32/h10,13-16,18-20,32,37H,1,11-12,17H2,2-9H3. The van der Waals surface area contributed by atoms with Crippen LogP contribution in [0.2, 0.25) is 35.2 Å². The summed E-state index contributed by atoms with van der Waals surface area (Å²) in [7, 11) is -3.43. The minimum absolute atomic E-state index is 0.0381. The molecule has 0 radical (unpaired) electrons. The molecule has 202 valence electrons. The molecule has 38 heavy (non-hydrogen) atoms. The summed E-state index contributed by atoms with van der Waals surface area (Å²) in [5, 5.41) is 4.57. The minimum atomic E-state index is -2.29. The maximum Gasteiger partial charge on any atom is 0.122 e. The molecule has 1 aliphatic carbocycles. The van der Waals surface area contributed by atoms with Crippen LogP contribution in [0.25, 0.3) is 11.1 Å². The van der Waals surface area contributed by atoms with Crippen molar-refractivity contribution in [3.8, 4) is 16.9 Å². The summed E-state index contributed by atoms with van der Waals surface area (Å²) in [6, 6.07) is 17.6. The van der Waals surface area contributed by atoms with E-state index in [1.54, 1.807) is 5.19 Å². The lowest BCUT2D eigenvalue weighted by Crippen LogP contribution is -2.54. The highest BCUT2D eigenvalue weighted by molar-refractivity contribution is 6.94. The monoisotopic (exact) mass is 580 g/mol. The van der Waals surface area contributed by atoms with Crippen molar-refractivity contribution in [2.45, 2.75) is 77.7 Å². The van der Waals surface area contributed by atoms with E-state index in [0.29, 0.717) is 6.61 Å². The fraction of sp³-hybridized carbons (Fsp3) is 0.394. The van der Waals surface area contributed by atoms with E-state index in [2.05, 4.69) is 91.5 Å². The molecule has 4 rings (SSSR count). The number of fused-ring (bicyclic) bond motifs is 3. The van der Waals surface area contributed by atoms with Crippen molar-refractivity contribution < 1.29 is 4.74 Å². The summed E-state index contributed by atoms with van der Waals surface area (Å²) < 4.78 is 6.77. The van der Waals surface area contributed by atoms with E-state index >= 15 is 0 Å². The van der Waals surface area contributed by atoms with Crippen LogP contribution in [-0.2, 0) is 5.41 Å². The maximum absolute atomic E-state index is 6.77.